The highest BCUT2D eigenvalue weighted by Gasteiger charge is 2.27. The number of hydrogen-bond acceptors (Lipinski definition) is 2. The highest BCUT2D eigenvalue weighted by Crippen LogP contribution is 2.19. The van der Waals surface area contributed by atoms with E-state index < -0.39 is 11.6 Å². The van der Waals surface area contributed by atoms with Crippen LogP contribution in [0, 0.1) is 11.6 Å². The van der Waals surface area contributed by atoms with Gasteiger partial charge in [-0.1, -0.05) is 12.1 Å². The standard InChI is InChI=1S/C14H18F2N2O.ClH/c15-12-5-1-3-10(14(12)16)6-7-13(19)18-8-2-4-11(18)9-17;/h1,3,5,11H,2,4,6-9,17H2;1H. The Morgan fingerprint density at radius 2 is 2.15 bits per heavy atom. The van der Waals surface area contributed by atoms with E-state index in [9.17, 15) is 13.6 Å². The normalized spacial score (nSPS) is 17.9. The molecule has 1 aromatic rings. The lowest BCUT2D eigenvalue weighted by Crippen LogP contribution is -2.40. The number of carbonyl (C=O) groups excluding carboxylic acids is 1. The number of likely N-dealkylation sites (tertiary alicyclic amines) is 1. The first kappa shape index (κ1) is 16.9. The van der Waals surface area contributed by atoms with Gasteiger partial charge in [0.15, 0.2) is 11.6 Å². The molecule has 1 amide bonds. The van der Waals surface area contributed by atoms with Gasteiger partial charge in [-0.15, -0.1) is 12.4 Å². The Balaban J connectivity index is 0.00000200. The largest absolute Gasteiger partial charge is 0.338 e. The molecule has 0 bridgehead atoms. The van der Waals surface area contributed by atoms with E-state index >= 15 is 0 Å². The van der Waals surface area contributed by atoms with Crippen LogP contribution in [0.15, 0.2) is 18.2 Å². The predicted molar refractivity (Wildman–Crippen MR) is 75.7 cm³/mol. The fourth-order valence-electron chi connectivity index (χ4n) is 2.54. The summed E-state index contributed by atoms with van der Waals surface area (Å²) >= 11 is 0. The Bertz CT molecular complexity index is 470. The zero-order valence-corrected chi connectivity index (χ0v) is 12.0. The minimum Gasteiger partial charge on any atom is -0.338 e. The number of rotatable bonds is 4. The lowest BCUT2D eigenvalue weighted by atomic mass is 10.1. The van der Waals surface area contributed by atoms with Crippen LogP contribution in [0.1, 0.15) is 24.8 Å². The number of halogens is 3. The van der Waals surface area contributed by atoms with Gasteiger partial charge in [-0.05, 0) is 30.9 Å². The van der Waals surface area contributed by atoms with Gasteiger partial charge in [0.1, 0.15) is 0 Å². The van der Waals surface area contributed by atoms with Gasteiger partial charge >= 0.3 is 0 Å². The molecule has 1 aromatic carbocycles. The number of hydrogen-bond donors (Lipinski definition) is 1. The van der Waals surface area contributed by atoms with Gasteiger partial charge < -0.3 is 10.6 Å². The minimum atomic E-state index is -0.869. The van der Waals surface area contributed by atoms with Gasteiger partial charge in [0, 0.05) is 25.6 Å². The first-order valence-corrected chi connectivity index (χ1v) is 6.56. The van der Waals surface area contributed by atoms with Crippen LogP contribution in [0.5, 0.6) is 0 Å². The molecule has 3 nitrogen and oxygen atoms in total. The monoisotopic (exact) mass is 304 g/mol. The van der Waals surface area contributed by atoms with Crippen molar-refractivity contribution in [2.24, 2.45) is 5.73 Å². The second-order valence-electron chi connectivity index (χ2n) is 4.83. The maximum atomic E-state index is 13.5. The Kier molecular flexibility index (Phi) is 6.36. The molecule has 0 aliphatic carbocycles. The molecule has 1 unspecified atom stereocenters. The summed E-state index contributed by atoms with van der Waals surface area (Å²) in [5.74, 6) is -1.75. The summed E-state index contributed by atoms with van der Waals surface area (Å²) < 4.78 is 26.5. The van der Waals surface area contributed by atoms with Gasteiger partial charge in [-0.3, -0.25) is 4.79 Å². The van der Waals surface area contributed by atoms with Crippen molar-refractivity contribution in [3.8, 4) is 0 Å². The Hall–Kier alpha value is -1.20. The van der Waals surface area contributed by atoms with Gasteiger partial charge in [0.25, 0.3) is 0 Å². The van der Waals surface area contributed by atoms with E-state index in [0.29, 0.717) is 13.1 Å². The van der Waals surface area contributed by atoms with E-state index in [4.69, 9.17) is 5.73 Å². The fourth-order valence-corrected chi connectivity index (χ4v) is 2.54. The van der Waals surface area contributed by atoms with E-state index in [1.54, 1.807) is 4.90 Å². The molecule has 1 aliphatic rings. The Morgan fingerprint density at radius 1 is 1.40 bits per heavy atom. The van der Waals surface area contributed by atoms with Gasteiger partial charge in [0.05, 0.1) is 0 Å². The van der Waals surface area contributed by atoms with Crippen LogP contribution in [0.25, 0.3) is 0 Å². The van der Waals surface area contributed by atoms with Crippen LogP contribution < -0.4 is 5.73 Å². The minimum absolute atomic E-state index is 0. The number of aryl methyl sites for hydroxylation is 1. The first-order valence-electron chi connectivity index (χ1n) is 6.56. The van der Waals surface area contributed by atoms with Crippen LogP contribution >= 0.6 is 12.4 Å². The molecule has 0 spiro atoms. The maximum absolute atomic E-state index is 13.5. The zero-order valence-electron chi connectivity index (χ0n) is 11.1. The topological polar surface area (TPSA) is 46.3 Å². The molecule has 2 N–H and O–H groups in total. The predicted octanol–water partition coefficient (Wildman–Crippen LogP) is 2.27. The third-order valence-electron chi connectivity index (χ3n) is 3.61. The second kappa shape index (κ2) is 7.55. The zero-order chi connectivity index (χ0) is 13.8. The average molecular weight is 305 g/mol. The van der Waals surface area contributed by atoms with Crippen LogP contribution in [0.2, 0.25) is 0 Å². The SMILES string of the molecule is Cl.NCC1CCCN1C(=O)CCc1cccc(F)c1F. The molecule has 6 heteroatoms. The second-order valence-corrected chi connectivity index (χ2v) is 4.83. The smallest absolute Gasteiger partial charge is 0.223 e. The van der Waals surface area contributed by atoms with Crippen LogP contribution in [0.4, 0.5) is 8.78 Å². The number of nitrogens with two attached hydrogens (primary N) is 1. The van der Waals surface area contributed by atoms with E-state index in [1.165, 1.54) is 12.1 Å². The lowest BCUT2D eigenvalue weighted by Gasteiger charge is -2.23. The number of amides is 1. The van der Waals surface area contributed by atoms with E-state index in [-0.39, 0.29) is 42.8 Å². The molecule has 20 heavy (non-hydrogen) atoms. The van der Waals surface area contributed by atoms with E-state index in [2.05, 4.69) is 0 Å². The molecule has 1 atom stereocenters. The molecular formula is C14H19ClF2N2O. The molecule has 2 rings (SSSR count). The van der Waals surface area contributed by atoms with Crippen molar-refractivity contribution < 1.29 is 13.6 Å². The van der Waals surface area contributed by atoms with Crippen LogP contribution in [-0.2, 0) is 11.2 Å². The summed E-state index contributed by atoms with van der Waals surface area (Å²) in [4.78, 5) is 13.8. The van der Waals surface area contributed by atoms with Crippen molar-refractivity contribution in [3.63, 3.8) is 0 Å². The molecule has 0 aromatic heterocycles. The number of nitrogens with zero attached hydrogens (tertiary/aromatic N) is 1. The van der Waals surface area contributed by atoms with Crippen molar-refractivity contribution in [2.75, 3.05) is 13.1 Å². The molecule has 0 radical (unpaired) electrons. The summed E-state index contributed by atoms with van der Waals surface area (Å²) in [6.45, 7) is 1.17. The van der Waals surface area contributed by atoms with Crippen molar-refractivity contribution in [3.05, 3.63) is 35.4 Å². The molecule has 1 heterocycles. The van der Waals surface area contributed by atoms with Crippen LogP contribution in [-0.4, -0.2) is 29.9 Å². The number of benzene rings is 1. The summed E-state index contributed by atoms with van der Waals surface area (Å²) in [5, 5.41) is 0. The highest BCUT2D eigenvalue weighted by atomic mass is 35.5. The van der Waals surface area contributed by atoms with Gasteiger partial charge in [-0.2, -0.15) is 0 Å². The summed E-state index contributed by atoms with van der Waals surface area (Å²) in [5.41, 5.74) is 5.86. The third-order valence-corrected chi connectivity index (χ3v) is 3.61. The molecule has 112 valence electrons. The molecule has 1 fully saturated rings. The number of carbonyl (C=O) groups is 1. The van der Waals surface area contributed by atoms with E-state index in [1.807, 2.05) is 0 Å². The van der Waals surface area contributed by atoms with Crippen LogP contribution in [0.3, 0.4) is 0 Å². The Morgan fingerprint density at radius 3 is 2.85 bits per heavy atom. The van der Waals surface area contributed by atoms with Gasteiger partial charge in [-0.25, -0.2) is 8.78 Å². The quantitative estimate of drug-likeness (QED) is 0.927. The van der Waals surface area contributed by atoms with Crippen molar-refractivity contribution in [1.82, 2.24) is 4.90 Å². The third kappa shape index (κ3) is 3.67. The first-order chi connectivity index (χ1) is 9.13. The average Bonchev–Trinajstić information content (AvgIpc) is 2.88. The van der Waals surface area contributed by atoms with Crippen molar-refractivity contribution >= 4 is 18.3 Å². The lowest BCUT2D eigenvalue weighted by molar-refractivity contribution is -0.131. The molecule has 1 aliphatic heterocycles. The Labute approximate surface area is 123 Å². The molecule has 0 saturated carbocycles. The summed E-state index contributed by atoms with van der Waals surface area (Å²) in [7, 11) is 0. The fraction of sp³-hybridized carbons (Fsp3) is 0.500. The molecular weight excluding hydrogens is 286 g/mol. The van der Waals surface area contributed by atoms with Gasteiger partial charge in [0.2, 0.25) is 5.91 Å². The van der Waals surface area contributed by atoms with Crippen molar-refractivity contribution in [2.45, 2.75) is 31.7 Å². The summed E-state index contributed by atoms with van der Waals surface area (Å²) in [6, 6.07) is 4.14. The highest BCUT2D eigenvalue weighted by molar-refractivity contribution is 5.85. The maximum Gasteiger partial charge on any atom is 0.223 e. The summed E-state index contributed by atoms with van der Waals surface area (Å²) in [6.07, 6.45) is 2.30. The van der Waals surface area contributed by atoms with Crippen molar-refractivity contribution in [1.29, 1.82) is 0 Å². The molecule has 1 saturated heterocycles. The van der Waals surface area contributed by atoms with E-state index in [0.717, 1.165) is 18.9 Å².